The summed E-state index contributed by atoms with van der Waals surface area (Å²) in [5, 5.41) is 0.702. The smallest absolute Gasteiger partial charge is 0.327 e. The second-order valence-electron chi connectivity index (χ2n) is 6.62. The lowest BCUT2D eigenvalue weighted by molar-refractivity contribution is -0.129. The molecule has 3 heterocycles. The van der Waals surface area contributed by atoms with E-state index in [4.69, 9.17) is 16.3 Å². The summed E-state index contributed by atoms with van der Waals surface area (Å²) in [4.78, 5) is 30.7. The molecule has 3 atom stereocenters. The Morgan fingerprint density at radius 2 is 1.92 bits per heavy atom. The van der Waals surface area contributed by atoms with Gasteiger partial charge in [0.2, 0.25) is 0 Å². The minimum absolute atomic E-state index is 0.0285. The van der Waals surface area contributed by atoms with Gasteiger partial charge in [-0.15, -0.1) is 0 Å². The number of amides is 3. The number of ether oxygens (including phenoxy) is 1. The van der Waals surface area contributed by atoms with Gasteiger partial charge >= 0.3 is 6.03 Å². The third-order valence-corrected chi connectivity index (χ3v) is 5.54. The largest absolute Gasteiger partial charge is 0.380 e. The number of nitrogens with zero attached hydrogens (tertiary/aromatic N) is 3. The minimum atomic E-state index is -0.341. The summed E-state index contributed by atoms with van der Waals surface area (Å²) in [5.41, 5.74) is 1.07. The topological polar surface area (TPSA) is 53.1 Å². The summed E-state index contributed by atoms with van der Waals surface area (Å²) in [5.74, 6) is -0.0671. The van der Waals surface area contributed by atoms with E-state index in [0.29, 0.717) is 24.5 Å². The molecule has 0 aliphatic carbocycles. The zero-order chi connectivity index (χ0) is 16.8. The Morgan fingerprint density at radius 1 is 1.17 bits per heavy atom. The predicted molar refractivity (Wildman–Crippen MR) is 90.2 cm³/mol. The number of fused-ring (bicyclic) bond motifs is 1. The number of carbonyl (C=O) groups excluding carboxylic acids is 2. The molecule has 1 aromatic carbocycles. The minimum Gasteiger partial charge on any atom is -0.380 e. The quantitative estimate of drug-likeness (QED) is 0.783. The first-order valence-corrected chi connectivity index (χ1v) is 8.63. The molecule has 3 aliphatic heterocycles. The lowest BCUT2D eigenvalue weighted by Gasteiger charge is -2.24. The Labute approximate surface area is 145 Å². The van der Waals surface area contributed by atoms with Gasteiger partial charge in [0.1, 0.15) is 6.04 Å². The van der Waals surface area contributed by atoms with Crippen LogP contribution in [0.5, 0.6) is 0 Å². The maximum absolute atomic E-state index is 12.7. The molecule has 0 unspecified atom stereocenters. The Bertz CT molecular complexity index is 642. The molecule has 0 bridgehead atoms. The van der Waals surface area contributed by atoms with E-state index < -0.39 is 0 Å². The van der Waals surface area contributed by atoms with Gasteiger partial charge in [-0.25, -0.2) is 4.79 Å². The second-order valence-corrected chi connectivity index (χ2v) is 7.05. The number of methoxy groups -OCH3 is 1. The highest BCUT2D eigenvalue weighted by Gasteiger charge is 2.53. The Balaban J connectivity index is 1.47. The highest BCUT2D eigenvalue weighted by molar-refractivity contribution is 6.30. The van der Waals surface area contributed by atoms with Crippen molar-refractivity contribution in [2.24, 2.45) is 0 Å². The fraction of sp³-hybridized carbons (Fsp3) is 0.529. The first-order valence-electron chi connectivity index (χ1n) is 8.25. The van der Waals surface area contributed by atoms with Gasteiger partial charge in [0.05, 0.1) is 12.1 Å². The molecule has 0 saturated carbocycles. The zero-order valence-corrected chi connectivity index (χ0v) is 14.3. The van der Waals surface area contributed by atoms with Crippen molar-refractivity contribution >= 4 is 29.2 Å². The van der Waals surface area contributed by atoms with Crippen LogP contribution in [0.2, 0.25) is 5.02 Å². The average molecular weight is 350 g/mol. The van der Waals surface area contributed by atoms with Crippen LogP contribution in [0.4, 0.5) is 10.5 Å². The van der Waals surface area contributed by atoms with Gasteiger partial charge in [0.25, 0.3) is 5.91 Å². The molecule has 0 aromatic heterocycles. The van der Waals surface area contributed by atoms with Crippen LogP contribution in [-0.2, 0) is 9.53 Å². The molecule has 0 N–H and O–H groups in total. The van der Waals surface area contributed by atoms with Crippen molar-refractivity contribution in [3.05, 3.63) is 29.3 Å². The molecule has 7 heteroatoms. The van der Waals surface area contributed by atoms with Gasteiger partial charge < -0.3 is 14.5 Å². The molecule has 0 radical (unpaired) electrons. The summed E-state index contributed by atoms with van der Waals surface area (Å²) in [7, 11) is 1.63. The van der Waals surface area contributed by atoms with Gasteiger partial charge in [-0.3, -0.25) is 9.69 Å². The molecular weight excluding hydrogens is 330 g/mol. The van der Waals surface area contributed by atoms with E-state index in [0.717, 1.165) is 18.7 Å². The van der Waals surface area contributed by atoms with Crippen molar-refractivity contribution in [1.29, 1.82) is 0 Å². The number of hydrogen-bond acceptors (Lipinski definition) is 4. The molecule has 3 amide bonds. The number of urea groups is 1. The molecule has 3 fully saturated rings. The number of benzene rings is 1. The maximum Gasteiger partial charge on any atom is 0.327 e. The van der Waals surface area contributed by atoms with Crippen LogP contribution < -0.4 is 4.90 Å². The lowest BCUT2D eigenvalue weighted by atomic mass is 10.1. The van der Waals surface area contributed by atoms with Gasteiger partial charge in [-0.1, -0.05) is 11.6 Å². The maximum atomic E-state index is 12.7. The van der Waals surface area contributed by atoms with E-state index in [1.165, 1.54) is 4.90 Å². The number of rotatable bonds is 3. The molecule has 128 valence electrons. The standard InChI is InChI=1S/C17H20ClN3O3/c1-24-14-8-15-16(22)21(17(23)20(15)10-14)13-6-7-19(9-13)12-4-2-11(18)3-5-12/h2-5,13-15H,6-10H2,1H3/t13-,14+,15-/m0/s1. The fourth-order valence-corrected chi connectivity index (χ4v) is 4.11. The monoisotopic (exact) mass is 349 g/mol. The normalized spacial score (nSPS) is 29.8. The number of imide groups is 1. The van der Waals surface area contributed by atoms with E-state index in [1.54, 1.807) is 12.0 Å². The number of carbonyl (C=O) groups is 2. The van der Waals surface area contributed by atoms with Gasteiger partial charge in [0.15, 0.2) is 0 Å². The fourth-order valence-electron chi connectivity index (χ4n) is 3.98. The Morgan fingerprint density at radius 3 is 2.58 bits per heavy atom. The SMILES string of the molecule is CO[C@@H]1C[C@H]2C(=O)N([C@H]3CCN(c4ccc(Cl)cc4)C3)C(=O)N2C1. The molecule has 0 spiro atoms. The van der Waals surface area contributed by atoms with E-state index in [9.17, 15) is 9.59 Å². The molecule has 3 aliphatic rings. The van der Waals surface area contributed by atoms with Crippen molar-refractivity contribution < 1.29 is 14.3 Å². The summed E-state index contributed by atoms with van der Waals surface area (Å²) >= 11 is 5.94. The van der Waals surface area contributed by atoms with Crippen molar-refractivity contribution in [2.45, 2.75) is 31.0 Å². The van der Waals surface area contributed by atoms with Crippen LogP contribution in [-0.4, -0.2) is 66.7 Å². The molecule has 3 saturated heterocycles. The lowest BCUT2D eigenvalue weighted by Crippen LogP contribution is -2.44. The van der Waals surface area contributed by atoms with E-state index in [2.05, 4.69) is 4.90 Å². The van der Waals surface area contributed by atoms with Crippen molar-refractivity contribution in [3.8, 4) is 0 Å². The third kappa shape index (κ3) is 2.45. The van der Waals surface area contributed by atoms with Gasteiger partial charge in [-0.05, 0) is 30.7 Å². The Hall–Kier alpha value is -1.79. The number of anilines is 1. The van der Waals surface area contributed by atoms with Crippen molar-refractivity contribution in [2.75, 3.05) is 31.6 Å². The molecule has 6 nitrogen and oxygen atoms in total. The van der Waals surface area contributed by atoms with Crippen LogP contribution in [0.1, 0.15) is 12.8 Å². The summed E-state index contributed by atoms with van der Waals surface area (Å²) in [6.45, 7) is 2.01. The summed E-state index contributed by atoms with van der Waals surface area (Å²) in [6.07, 6.45) is 1.37. The highest BCUT2D eigenvalue weighted by Crippen LogP contribution is 2.33. The van der Waals surface area contributed by atoms with Crippen molar-refractivity contribution in [3.63, 3.8) is 0 Å². The Kier molecular flexibility index (Phi) is 3.89. The highest BCUT2D eigenvalue weighted by atomic mass is 35.5. The first-order chi connectivity index (χ1) is 11.6. The third-order valence-electron chi connectivity index (χ3n) is 5.29. The van der Waals surface area contributed by atoms with Crippen LogP contribution in [0.3, 0.4) is 0 Å². The molecule has 1 aromatic rings. The summed E-state index contributed by atoms with van der Waals surface area (Å²) in [6, 6.07) is 7.10. The van der Waals surface area contributed by atoms with Crippen LogP contribution in [0.15, 0.2) is 24.3 Å². The second kappa shape index (κ2) is 5.93. The van der Waals surface area contributed by atoms with Gasteiger partial charge in [0, 0.05) is 43.9 Å². The van der Waals surface area contributed by atoms with Crippen LogP contribution >= 0.6 is 11.6 Å². The molecule has 24 heavy (non-hydrogen) atoms. The zero-order valence-electron chi connectivity index (χ0n) is 13.5. The van der Waals surface area contributed by atoms with Crippen LogP contribution in [0, 0.1) is 0 Å². The van der Waals surface area contributed by atoms with E-state index in [1.807, 2.05) is 24.3 Å². The van der Waals surface area contributed by atoms with E-state index >= 15 is 0 Å². The predicted octanol–water partition coefficient (Wildman–Crippen LogP) is 1.97. The molecular formula is C17H20ClN3O3. The average Bonchev–Trinajstić information content (AvgIpc) is 3.26. The molecule has 4 rings (SSSR count). The van der Waals surface area contributed by atoms with Crippen molar-refractivity contribution in [1.82, 2.24) is 9.80 Å². The first kappa shape index (κ1) is 15.7. The van der Waals surface area contributed by atoms with Gasteiger partial charge in [-0.2, -0.15) is 0 Å². The van der Waals surface area contributed by atoms with Crippen LogP contribution in [0.25, 0.3) is 0 Å². The summed E-state index contributed by atoms with van der Waals surface area (Å²) < 4.78 is 5.31. The number of hydrogen-bond donors (Lipinski definition) is 0. The van der Waals surface area contributed by atoms with E-state index in [-0.39, 0.29) is 30.1 Å². The number of halogens is 1.